The highest BCUT2D eigenvalue weighted by atomic mass is 32.1. The lowest BCUT2D eigenvalue weighted by Gasteiger charge is -2.30. The summed E-state index contributed by atoms with van der Waals surface area (Å²) in [6.07, 6.45) is 5.94. The lowest BCUT2D eigenvalue weighted by molar-refractivity contribution is -0.120. The first kappa shape index (κ1) is 14.5. The second-order valence-corrected chi connectivity index (χ2v) is 7.49. The molecule has 0 spiro atoms. The Morgan fingerprint density at radius 2 is 2.05 bits per heavy atom. The minimum atomic E-state index is -0.188. The number of nitrogens with two attached hydrogens (primary N) is 2. The summed E-state index contributed by atoms with van der Waals surface area (Å²) in [7, 11) is 0. The Balaban J connectivity index is 2.13. The number of amides is 1. The molecule has 0 aromatic carbocycles. The Labute approximate surface area is 119 Å². The summed E-state index contributed by atoms with van der Waals surface area (Å²) in [6, 6.07) is 2.22. The molecule has 2 rings (SSSR count). The molecule has 1 saturated carbocycles. The number of carbonyl (C=O) groups is 1. The monoisotopic (exact) mass is 280 g/mol. The number of hydrogen-bond donors (Lipinski definition) is 2. The fourth-order valence-corrected chi connectivity index (χ4v) is 4.54. The average molecular weight is 280 g/mol. The number of primary amides is 1. The summed E-state index contributed by atoms with van der Waals surface area (Å²) in [5.41, 5.74) is 13.1. The van der Waals surface area contributed by atoms with Crippen LogP contribution in [0.15, 0.2) is 6.07 Å². The minimum absolute atomic E-state index is 0.0300. The maximum Gasteiger partial charge on any atom is 0.217 e. The SMILES string of the molecule is Cc1cc(C(N)CC2(CC(N)=O)CCCC2)c(C)s1. The third kappa shape index (κ3) is 3.37. The Morgan fingerprint density at radius 1 is 1.42 bits per heavy atom. The lowest BCUT2D eigenvalue weighted by Crippen LogP contribution is -2.29. The number of carbonyl (C=O) groups excluding carboxylic acids is 1. The van der Waals surface area contributed by atoms with Gasteiger partial charge in [0.15, 0.2) is 0 Å². The first-order valence-corrected chi connectivity index (χ1v) is 7.84. The van der Waals surface area contributed by atoms with Gasteiger partial charge in [-0.2, -0.15) is 0 Å². The van der Waals surface area contributed by atoms with Crippen LogP contribution in [0.4, 0.5) is 0 Å². The highest BCUT2D eigenvalue weighted by Gasteiger charge is 2.37. The summed E-state index contributed by atoms with van der Waals surface area (Å²) in [6.45, 7) is 4.24. The zero-order chi connectivity index (χ0) is 14.0. The highest BCUT2D eigenvalue weighted by molar-refractivity contribution is 7.12. The van der Waals surface area contributed by atoms with Crippen LogP contribution in [0, 0.1) is 19.3 Å². The molecule has 0 aliphatic heterocycles. The molecular weight excluding hydrogens is 256 g/mol. The molecular formula is C15H24N2OS. The van der Waals surface area contributed by atoms with Crippen LogP contribution in [0.2, 0.25) is 0 Å². The zero-order valence-electron chi connectivity index (χ0n) is 11.9. The Hall–Kier alpha value is -0.870. The third-order valence-electron chi connectivity index (χ3n) is 4.35. The molecule has 4 heteroatoms. The molecule has 1 aliphatic carbocycles. The van der Waals surface area contributed by atoms with Gasteiger partial charge in [-0.3, -0.25) is 4.79 Å². The molecule has 0 saturated heterocycles. The van der Waals surface area contributed by atoms with E-state index in [1.807, 2.05) is 0 Å². The molecule has 1 heterocycles. The van der Waals surface area contributed by atoms with E-state index in [1.165, 1.54) is 28.2 Å². The minimum Gasteiger partial charge on any atom is -0.370 e. The molecule has 3 nitrogen and oxygen atoms in total. The van der Waals surface area contributed by atoms with Gasteiger partial charge >= 0.3 is 0 Å². The normalized spacial score (nSPS) is 19.5. The molecule has 4 N–H and O–H groups in total. The largest absolute Gasteiger partial charge is 0.370 e. The second kappa shape index (κ2) is 5.63. The van der Waals surface area contributed by atoms with Crippen molar-refractivity contribution in [3.63, 3.8) is 0 Å². The lowest BCUT2D eigenvalue weighted by atomic mass is 9.76. The van der Waals surface area contributed by atoms with E-state index in [-0.39, 0.29) is 17.4 Å². The van der Waals surface area contributed by atoms with Gasteiger partial charge in [-0.05, 0) is 50.2 Å². The Morgan fingerprint density at radius 3 is 2.53 bits per heavy atom. The van der Waals surface area contributed by atoms with Crippen molar-refractivity contribution in [3.05, 3.63) is 21.4 Å². The standard InChI is InChI=1S/C15H24N2OS/c1-10-7-12(11(2)19-10)13(16)8-15(9-14(17)18)5-3-4-6-15/h7,13H,3-6,8-9,16H2,1-2H3,(H2,17,18). The van der Waals surface area contributed by atoms with Crippen LogP contribution < -0.4 is 11.5 Å². The van der Waals surface area contributed by atoms with Gasteiger partial charge in [-0.15, -0.1) is 11.3 Å². The number of rotatable bonds is 5. The van der Waals surface area contributed by atoms with E-state index in [0.717, 1.165) is 19.3 Å². The van der Waals surface area contributed by atoms with E-state index in [4.69, 9.17) is 11.5 Å². The van der Waals surface area contributed by atoms with Crippen LogP contribution in [0.3, 0.4) is 0 Å². The van der Waals surface area contributed by atoms with Crippen molar-refractivity contribution in [2.24, 2.45) is 16.9 Å². The molecule has 1 aromatic rings. The molecule has 19 heavy (non-hydrogen) atoms. The number of thiophene rings is 1. The first-order chi connectivity index (χ1) is 8.92. The molecule has 1 atom stereocenters. The number of aryl methyl sites for hydroxylation is 2. The van der Waals surface area contributed by atoms with Crippen LogP contribution in [-0.2, 0) is 4.79 Å². The molecule has 1 amide bonds. The maximum atomic E-state index is 11.3. The molecule has 1 fully saturated rings. The first-order valence-electron chi connectivity index (χ1n) is 7.03. The van der Waals surface area contributed by atoms with Crippen molar-refractivity contribution in [2.75, 3.05) is 0 Å². The molecule has 1 aromatic heterocycles. The summed E-state index contributed by atoms with van der Waals surface area (Å²) in [5, 5.41) is 0. The quantitative estimate of drug-likeness (QED) is 0.869. The van der Waals surface area contributed by atoms with E-state index in [1.54, 1.807) is 11.3 Å². The van der Waals surface area contributed by atoms with Crippen molar-refractivity contribution in [3.8, 4) is 0 Å². The summed E-state index contributed by atoms with van der Waals surface area (Å²) in [4.78, 5) is 13.9. The Bertz CT molecular complexity index is 461. The van der Waals surface area contributed by atoms with Gasteiger partial charge in [0.05, 0.1) is 0 Å². The van der Waals surface area contributed by atoms with Crippen LogP contribution in [0.1, 0.15) is 59.9 Å². The van der Waals surface area contributed by atoms with Crippen LogP contribution >= 0.6 is 11.3 Å². The number of hydrogen-bond acceptors (Lipinski definition) is 3. The topological polar surface area (TPSA) is 69.1 Å². The predicted molar refractivity (Wildman–Crippen MR) is 80.1 cm³/mol. The van der Waals surface area contributed by atoms with Crippen LogP contribution in [0.5, 0.6) is 0 Å². The van der Waals surface area contributed by atoms with Crippen LogP contribution in [-0.4, -0.2) is 5.91 Å². The second-order valence-electron chi connectivity index (χ2n) is 6.03. The average Bonchev–Trinajstić information content (AvgIpc) is 2.85. The predicted octanol–water partition coefficient (Wildman–Crippen LogP) is 3.19. The molecule has 1 unspecified atom stereocenters. The van der Waals surface area contributed by atoms with Gasteiger partial charge in [0.2, 0.25) is 5.91 Å². The summed E-state index contributed by atoms with van der Waals surface area (Å²) < 4.78 is 0. The maximum absolute atomic E-state index is 11.3. The molecule has 106 valence electrons. The van der Waals surface area contributed by atoms with Gasteiger partial charge < -0.3 is 11.5 Å². The van der Waals surface area contributed by atoms with Gasteiger partial charge in [0.1, 0.15) is 0 Å². The fourth-order valence-electron chi connectivity index (χ4n) is 3.54. The van der Waals surface area contributed by atoms with Crippen molar-refractivity contribution in [1.29, 1.82) is 0 Å². The van der Waals surface area contributed by atoms with E-state index < -0.39 is 0 Å². The van der Waals surface area contributed by atoms with Gasteiger partial charge in [0, 0.05) is 22.2 Å². The van der Waals surface area contributed by atoms with Crippen molar-refractivity contribution in [1.82, 2.24) is 0 Å². The van der Waals surface area contributed by atoms with E-state index >= 15 is 0 Å². The van der Waals surface area contributed by atoms with Crippen molar-refractivity contribution in [2.45, 2.75) is 58.4 Å². The van der Waals surface area contributed by atoms with E-state index in [2.05, 4.69) is 19.9 Å². The van der Waals surface area contributed by atoms with Gasteiger partial charge in [0.25, 0.3) is 0 Å². The highest BCUT2D eigenvalue weighted by Crippen LogP contribution is 2.47. The molecule has 1 aliphatic rings. The molecule has 0 radical (unpaired) electrons. The van der Waals surface area contributed by atoms with Crippen molar-refractivity contribution >= 4 is 17.2 Å². The Kier molecular flexibility index (Phi) is 4.31. The summed E-state index contributed by atoms with van der Waals surface area (Å²) in [5.74, 6) is -0.188. The van der Waals surface area contributed by atoms with E-state index in [9.17, 15) is 4.79 Å². The fraction of sp³-hybridized carbons (Fsp3) is 0.667. The molecule has 0 bridgehead atoms. The van der Waals surface area contributed by atoms with Crippen molar-refractivity contribution < 1.29 is 4.79 Å². The third-order valence-corrected chi connectivity index (χ3v) is 5.33. The van der Waals surface area contributed by atoms with E-state index in [0.29, 0.717) is 6.42 Å². The summed E-state index contributed by atoms with van der Waals surface area (Å²) >= 11 is 1.80. The van der Waals surface area contributed by atoms with Crippen LogP contribution in [0.25, 0.3) is 0 Å². The smallest absolute Gasteiger partial charge is 0.217 e. The van der Waals surface area contributed by atoms with Gasteiger partial charge in [-0.1, -0.05) is 12.8 Å². The van der Waals surface area contributed by atoms with Gasteiger partial charge in [-0.25, -0.2) is 0 Å². The zero-order valence-corrected chi connectivity index (χ0v) is 12.7.